The van der Waals surface area contributed by atoms with Gasteiger partial charge in [0.05, 0.1) is 0 Å². The first kappa shape index (κ1) is 13.6. The fourth-order valence-electron chi connectivity index (χ4n) is 0.889. The lowest BCUT2D eigenvalue weighted by Crippen LogP contribution is -2.26. The molecule has 0 heterocycles. The highest BCUT2D eigenvalue weighted by molar-refractivity contribution is 5.85. The van der Waals surface area contributed by atoms with Crippen molar-refractivity contribution in [1.29, 1.82) is 0 Å². The van der Waals surface area contributed by atoms with Gasteiger partial charge in [0.1, 0.15) is 0 Å². The maximum Gasteiger partial charge on any atom is 0.330 e. The van der Waals surface area contributed by atoms with E-state index in [0.29, 0.717) is 25.1 Å². The summed E-state index contributed by atoms with van der Waals surface area (Å²) in [7, 11) is 3.44. The number of rotatable bonds is 6. The van der Waals surface area contributed by atoms with Crippen LogP contribution in [0.5, 0.6) is 0 Å². The van der Waals surface area contributed by atoms with E-state index < -0.39 is 5.97 Å². The molecule has 0 atom stereocenters. The molecule has 0 rings (SSSR count). The molecule has 5 nitrogen and oxygen atoms in total. The highest BCUT2D eigenvalue weighted by Crippen LogP contribution is 1.94. The Labute approximate surface area is 89.8 Å². The zero-order valence-electron chi connectivity index (χ0n) is 9.41. The van der Waals surface area contributed by atoms with Crippen molar-refractivity contribution in [1.82, 2.24) is 10.2 Å². The lowest BCUT2D eigenvalue weighted by molar-refractivity contribution is -0.132. The predicted molar refractivity (Wildman–Crippen MR) is 57.6 cm³/mol. The topological polar surface area (TPSA) is 69.6 Å². The summed E-state index contributed by atoms with van der Waals surface area (Å²) >= 11 is 0. The van der Waals surface area contributed by atoms with E-state index in [-0.39, 0.29) is 5.91 Å². The van der Waals surface area contributed by atoms with Crippen LogP contribution in [0.1, 0.15) is 13.3 Å². The molecule has 0 saturated heterocycles. The number of carboxylic acid groups (broad SMARTS) is 1. The van der Waals surface area contributed by atoms with Crippen molar-refractivity contribution >= 4 is 11.9 Å². The fraction of sp³-hybridized carbons (Fsp3) is 0.600. The van der Waals surface area contributed by atoms with E-state index in [1.54, 1.807) is 20.0 Å². The van der Waals surface area contributed by atoms with E-state index in [9.17, 15) is 9.59 Å². The maximum atomic E-state index is 10.9. The molecule has 0 aromatic rings. The van der Waals surface area contributed by atoms with Crippen LogP contribution in [-0.2, 0) is 9.59 Å². The minimum Gasteiger partial charge on any atom is -0.478 e. The summed E-state index contributed by atoms with van der Waals surface area (Å²) in [5.41, 5.74) is 0.321. The summed E-state index contributed by atoms with van der Waals surface area (Å²) in [6.07, 6.45) is 2.05. The monoisotopic (exact) mass is 214 g/mol. The minimum absolute atomic E-state index is 0.0132. The second-order valence-corrected chi connectivity index (χ2v) is 3.38. The summed E-state index contributed by atoms with van der Waals surface area (Å²) in [4.78, 5) is 23.3. The number of likely N-dealkylation sites (N-methyl/N-ethyl adjacent to an activating group) is 1. The SMILES string of the molecule is CNC(=O)CCN(C)C/C=C(/C)C(=O)O. The molecule has 86 valence electrons. The number of nitrogens with zero attached hydrogens (tertiary/aromatic N) is 1. The average Bonchev–Trinajstić information content (AvgIpc) is 2.21. The van der Waals surface area contributed by atoms with Crippen molar-refractivity contribution in [3.63, 3.8) is 0 Å². The van der Waals surface area contributed by atoms with E-state index in [0.717, 1.165) is 0 Å². The van der Waals surface area contributed by atoms with Crippen LogP contribution in [-0.4, -0.2) is 49.1 Å². The van der Waals surface area contributed by atoms with Crippen LogP contribution in [0.3, 0.4) is 0 Å². The van der Waals surface area contributed by atoms with Gasteiger partial charge in [-0.15, -0.1) is 0 Å². The van der Waals surface area contributed by atoms with Crippen molar-refractivity contribution in [3.8, 4) is 0 Å². The zero-order valence-corrected chi connectivity index (χ0v) is 9.41. The molecule has 1 amide bonds. The van der Waals surface area contributed by atoms with Gasteiger partial charge in [0.15, 0.2) is 0 Å². The van der Waals surface area contributed by atoms with Crippen molar-refractivity contribution in [2.75, 3.05) is 27.2 Å². The Hall–Kier alpha value is -1.36. The average molecular weight is 214 g/mol. The van der Waals surface area contributed by atoms with Crippen molar-refractivity contribution in [3.05, 3.63) is 11.6 Å². The number of carboxylic acids is 1. The lowest BCUT2D eigenvalue weighted by atomic mass is 10.3. The Morgan fingerprint density at radius 3 is 2.53 bits per heavy atom. The van der Waals surface area contributed by atoms with Crippen molar-refractivity contribution in [2.24, 2.45) is 0 Å². The van der Waals surface area contributed by atoms with Crippen molar-refractivity contribution < 1.29 is 14.7 Å². The Kier molecular flexibility index (Phi) is 6.37. The molecule has 0 unspecified atom stereocenters. The molecule has 0 aliphatic heterocycles. The number of hydrogen-bond acceptors (Lipinski definition) is 3. The third-order valence-corrected chi connectivity index (χ3v) is 2.05. The van der Waals surface area contributed by atoms with Gasteiger partial charge in [-0.25, -0.2) is 4.79 Å². The number of carbonyl (C=O) groups is 2. The van der Waals surface area contributed by atoms with E-state index in [1.807, 2.05) is 11.9 Å². The number of carbonyl (C=O) groups excluding carboxylic acids is 1. The summed E-state index contributed by atoms with van der Waals surface area (Å²) in [6.45, 7) is 2.70. The first-order valence-electron chi connectivity index (χ1n) is 4.76. The largest absolute Gasteiger partial charge is 0.478 e. The van der Waals surface area contributed by atoms with Crippen LogP contribution in [0.15, 0.2) is 11.6 Å². The van der Waals surface area contributed by atoms with Crippen LogP contribution >= 0.6 is 0 Å². The molecule has 0 saturated carbocycles. The van der Waals surface area contributed by atoms with Gasteiger partial charge in [0, 0.05) is 32.1 Å². The Balaban J connectivity index is 3.84. The van der Waals surface area contributed by atoms with Crippen LogP contribution in [0.2, 0.25) is 0 Å². The molecule has 0 aromatic carbocycles. The summed E-state index contributed by atoms with van der Waals surface area (Å²) < 4.78 is 0. The van der Waals surface area contributed by atoms with Crippen molar-refractivity contribution in [2.45, 2.75) is 13.3 Å². The normalized spacial score (nSPS) is 11.6. The number of hydrogen-bond donors (Lipinski definition) is 2. The second kappa shape index (κ2) is 7.00. The molecule has 15 heavy (non-hydrogen) atoms. The standard InChI is InChI=1S/C10H18N2O3/c1-8(10(14)15)4-6-12(3)7-5-9(13)11-2/h4H,5-7H2,1-3H3,(H,11,13)(H,14,15)/b8-4-. The number of aliphatic carboxylic acids is 1. The molecule has 0 spiro atoms. The molecular formula is C10H18N2O3. The predicted octanol–water partition coefficient (Wildman–Crippen LogP) is 0.0852. The minimum atomic E-state index is -0.908. The Bertz CT molecular complexity index is 261. The van der Waals surface area contributed by atoms with E-state index in [1.165, 1.54) is 0 Å². The molecule has 0 aliphatic carbocycles. The summed E-state index contributed by atoms with van der Waals surface area (Å²) in [5, 5.41) is 11.1. The van der Waals surface area contributed by atoms with Gasteiger partial charge in [-0.1, -0.05) is 6.08 Å². The number of amides is 1. The Morgan fingerprint density at radius 2 is 2.07 bits per heavy atom. The first-order chi connectivity index (χ1) is 6.97. The Morgan fingerprint density at radius 1 is 1.47 bits per heavy atom. The van der Waals surface area contributed by atoms with Crippen LogP contribution in [0, 0.1) is 0 Å². The fourth-order valence-corrected chi connectivity index (χ4v) is 0.889. The highest BCUT2D eigenvalue weighted by Gasteiger charge is 2.03. The lowest BCUT2D eigenvalue weighted by Gasteiger charge is -2.13. The first-order valence-corrected chi connectivity index (χ1v) is 4.76. The molecular weight excluding hydrogens is 196 g/mol. The second-order valence-electron chi connectivity index (χ2n) is 3.38. The van der Waals surface area contributed by atoms with Gasteiger partial charge >= 0.3 is 5.97 Å². The molecule has 0 bridgehead atoms. The smallest absolute Gasteiger partial charge is 0.330 e. The van der Waals surface area contributed by atoms with Gasteiger partial charge in [-0.2, -0.15) is 0 Å². The molecule has 2 N–H and O–H groups in total. The van der Waals surface area contributed by atoms with Crippen LogP contribution in [0.4, 0.5) is 0 Å². The number of nitrogens with one attached hydrogen (secondary N) is 1. The van der Waals surface area contributed by atoms with Gasteiger partial charge in [0.2, 0.25) is 5.91 Å². The molecule has 0 fully saturated rings. The van der Waals surface area contributed by atoms with E-state index >= 15 is 0 Å². The maximum absolute atomic E-state index is 10.9. The molecule has 0 aromatic heterocycles. The van der Waals surface area contributed by atoms with E-state index in [2.05, 4.69) is 5.32 Å². The molecule has 5 heteroatoms. The third-order valence-electron chi connectivity index (χ3n) is 2.05. The quantitative estimate of drug-likeness (QED) is 0.615. The zero-order chi connectivity index (χ0) is 11.8. The summed E-state index contributed by atoms with van der Waals surface area (Å²) in [6, 6.07) is 0. The molecule has 0 aliphatic rings. The van der Waals surface area contributed by atoms with Gasteiger partial charge < -0.3 is 15.3 Å². The third kappa shape index (κ3) is 6.68. The molecule has 0 radical (unpaired) electrons. The van der Waals surface area contributed by atoms with Gasteiger partial charge in [-0.3, -0.25) is 4.79 Å². The summed E-state index contributed by atoms with van der Waals surface area (Å²) in [5.74, 6) is -0.921. The van der Waals surface area contributed by atoms with Gasteiger partial charge in [-0.05, 0) is 14.0 Å². The van der Waals surface area contributed by atoms with Gasteiger partial charge in [0.25, 0.3) is 0 Å². The van der Waals surface area contributed by atoms with Crippen LogP contribution < -0.4 is 5.32 Å². The highest BCUT2D eigenvalue weighted by atomic mass is 16.4. The van der Waals surface area contributed by atoms with E-state index in [4.69, 9.17) is 5.11 Å². The van der Waals surface area contributed by atoms with Crippen LogP contribution in [0.25, 0.3) is 0 Å².